The molecule has 0 aliphatic carbocycles. The molecule has 0 saturated heterocycles. The Kier molecular flexibility index (Phi) is 6.16. The van der Waals surface area contributed by atoms with E-state index in [1.165, 1.54) is 6.26 Å². The van der Waals surface area contributed by atoms with Gasteiger partial charge in [0.1, 0.15) is 0 Å². The van der Waals surface area contributed by atoms with E-state index >= 15 is 0 Å². The van der Waals surface area contributed by atoms with Crippen LogP contribution in [0, 0.1) is 0 Å². The average molecular weight is 298 g/mol. The topological polar surface area (TPSA) is 89.3 Å². The molecule has 0 heterocycles. The zero-order chi connectivity index (χ0) is 15.2. The standard InChI is InChI=1S/C14H22N2O3S/c1-3-4-12(15)9-14(17)16-10-11-5-7-13(8-6-11)20(2,18)19/h5-8,12H,3-4,9-10,15H2,1-2H3,(H,16,17). The van der Waals surface area contributed by atoms with Gasteiger partial charge in [-0.3, -0.25) is 4.79 Å². The second-order valence-corrected chi connectivity index (χ2v) is 6.96. The van der Waals surface area contributed by atoms with Crippen LogP contribution < -0.4 is 11.1 Å². The number of benzene rings is 1. The van der Waals surface area contributed by atoms with Gasteiger partial charge in [-0.1, -0.05) is 25.5 Å². The largest absolute Gasteiger partial charge is 0.352 e. The molecule has 3 N–H and O–H groups in total. The smallest absolute Gasteiger partial charge is 0.221 e. The lowest BCUT2D eigenvalue weighted by Gasteiger charge is -2.10. The molecule has 0 aromatic heterocycles. The monoisotopic (exact) mass is 298 g/mol. The SMILES string of the molecule is CCCC(N)CC(=O)NCc1ccc(S(C)(=O)=O)cc1. The van der Waals surface area contributed by atoms with Crippen LogP contribution in [-0.2, 0) is 21.2 Å². The minimum Gasteiger partial charge on any atom is -0.352 e. The first-order valence-corrected chi connectivity index (χ1v) is 8.53. The van der Waals surface area contributed by atoms with Crippen LogP contribution in [0.4, 0.5) is 0 Å². The number of carbonyl (C=O) groups is 1. The fraction of sp³-hybridized carbons (Fsp3) is 0.500. The fourth-order valence-electron chi connectivity index (χ4n) is 1.84. The molecule has 0 aliphatic heterocycles. The fourth-order valence-corrected chi connectivity index (χ4v) is 2.47. The molecule has 1 unspecified atom stereocenters. The predicted molar refractivity (Wildman–Crippen MR) is 78.9 cm³/mol. The summed E-state index contributed by atoms with van der Waals surface area (Å²) in [6.07, 6.45) is 3.27. The number of amides is 1. The third kappa shape index (κ3) is 5.71. The van der Waals surface area contributed by atoms with Gasteiger partial charge in [0.2, 0.25) is 5.91 Å². The molecule has 6 heteroatoms. The Balaban J connectivity index is 2.48. The molecule has 1 atom stereocenters. The summed E-state index contributed by atoms with van der Waals surface area (Å²) >= 11 is 0. The highest BCUT2D eigenvalue weighted by Gasteiger charge is 2.09. The Labute approximate surface area is 120 Å². The van der Waals surface area contributed by atoms with Crippen molar-refractivity contribution in [3.05, 3.63) is 29.8 Å². The minimum atomic E-state index is -3.18. The number of hydrogen-bond acceptors (Lipinski definition) is 4. The number of hydrogen-bond donors (Lipinski definition) is 2. The molecule has 0 aliphatic rings. The first-order chi connectivity index (χ1) is 9.32. The van der Waals surface area contributed by atoms with Crippen LogP contribution in [0.25, 0.3) is 0 Å². The second-order valence-electron chi connectivity index (χ2n) is 4.95. The zero-order valence-corrected chi connectivity index (χ0v) is 12.7. The summed E-state index contributed by atoms with van der Waals surface area (Å²) in [6, 6.07) is 6.37. The predicted octanol–water partition coefficient (Wildman–Crippen LogP) is 1.22. The Hall–Kier alpha value is -1.40. The number of nitrogens with two attached hydrogens (primary N) is 1. The van der Waals surface area contributed by atoms with Crippen molar-refractivity contribution in [2.24, 2.45) is 5.73 Å². The van der Waals surface area contributed by atoms with Crippen LogP contribution in [0.1, 0.15) is 31.7 Å². The van der Waals surface area contributed by atoms with E-state index in [4.69, 9.17) is 5.73 Å². The Morgan fingerprint density at radius 2 is 1.90 bits per heavy atom. The lowest BCUT2D eigenvalue weighted by molar-refractivity contribution is -0.121. The van der Waals surface area contributed by atoms with Crippen molar-refractivity contribution in [1.82, 2.24) is 5.32 Å². The van der Waals surface area contributed by atoms with E-state index in [9.17, 15) is 13.2 Å². The van der Waals surface area contributed by atoms with E-state index in [1.54, 1.807) is 24.3 Å². The molecular formula is C14H22N2O3S. The Morgan fingerprint density at radius 3 is 2.40 bits per heavy atom. The van der Waals surface area contributed by atoms with Gasteiger partial charge in [-0.25, -0.2) is 8.42 Å². The maximum atomic E-state index is 11.6. The van der Waals surface area contributed by atoms with E-state index in [2.05, 4.69) is 5.32 Å². The summed E-state index contributed by atoms with van der Waals surface area (Å²) in [4.78, 5) is 11.9. The number of nitrogens with one attached hydrogen (secondary N) is 1. The van der Waals surface area contributed by atoms with Crippen LogP contribution in [0.5, 0.6) is 0 Å². The number of carbonyl (C=O) groups excluding carboxylic acids is 1. The van der Waals surface area contributed by atoms with Crippen molar-refractivity contribution >= 4 is 15.7 Å². The maximum Gasteiger partial charge on any atom is 0.221 e. The molecule has 1 rings (SSSR count). The highest BCUT2D eigenvalue weighted by molar-refractivity contribution is 7.90. The van der Waals surface area contributed by atoms with Crippen LogP contribution in [0.15, 0.2) is 29.2 Å². The van der Waals surface area contributed by atoms with Crippen LogP contribution in [0.2, 0.25) is 0 Å². The molecule has 0 radical (unpaired) electrons. The third-order valence-corrected chi connectivity index (χ3v) is 4.08. The molecule has 0 spiro atoms. The molecule has 1 aromatic rings. The van der Waals surface area contributed by atoms with Gasteiger partial charge in [-0.05, 0) is 24.1 Å². The minimum absolute atomic E-state index is 0.0851. The first kappa shape index (κ1) is 16.7. The number of rotatable bonds is 7. The summed E-state index contributed by atoms with van der Waals surface area (Å²) in [5, 5.41) is 2.78. The van der Waals surface area contributed by atoms with Crippen molar-refractivity contribution < 1.29 is 13.2 Å². The number of sulfone groups is 1. The van der Waals surface area contributed by atoms with Crippen molar-refractivity contribution in [1.29, 1.82) is 0 Å². The highest BCUT2D eigenvalue weighted by atomic mass is 32.2. The quantitative estimate of drug-likeness (QED) is 0.792. The maximum absolute atomic E-state index is 11.6. The Bertz CT molecular complexity index is 538. The molecule has 1 amide bonds. The molecule has 5 nitrogen and oxygen atoms in total. The molecule has 0 saturated carbocycles. The molecule has 1 aromatic carbocycles. The van der Waals surface area contributed by atoms with Gasteiger partial charge >= 0.3 is 0 Å². The first-order valence-electron chi connectivity index (χ1n) is 6.64. The normalized spacial score (nSPS) is 12.9. The third-order valence-electron chi connectivity index (χ3n) is 2.95. The van der Waals surface area contributed by atoms with Gasteiger partial charge < -0.3 is 11.1 Å². The summed E-state index contributed by atoms with van der Waals surface area (Å²) in [7, 11) is -3.18. The van der Waals surface area contributed by atoms with E-state index in [0.717, 1.165) is 18.4 Å². The van der Waals surface area contributed by atoms with E-state index in [-0.39, 0.29) is 16.8 Å². The summed E-state index contributed by atoms with van der Waals surface area (Å²) < 4.78 is 22.6. The lowest BCUT2D eigenvalue weighted by Crippen LogP contribution is -2.31. The molecule has 20 heavy (non-hydrogen) atoms. The van der Waals surface area contributed by atoms with Gasteiger partial charge in [0.05, 0.1) is 4.90 Å². The zero-order valence-electron chi connectivity index (χ0n) is 11.9. The van der Waals surface area contributed by atoms with Crippen molar-refractivity contribution in [3.8, 4) is 0 Å². The van der Waals surface area contributed by atoms with E-state index in [1.807, 2.05) is 6.92 Å². The Morgan fingerprint density at radius 1 is 1.30 bits per heavy atom. The van der Waals surface area contributed by atoms with Gasteiger partial charge in [0, 0.05) is 25.3 Å². The average Bonchev–Trinajstić information content (AvgIpc) is 2.36. The van der Waals surface area contributed by atoms with Crippen molar-refractivity contribution in [2.75, 3.05) is 6.26 Å². The van der Waals surface area contributed by atoms with Gasteiger partial charge in [0.15, 0.2) is 9.84 Å². The second kappa shape index (κ2) is 7.40. The summed E-state index contributed by atoms with van der Waals surface area (Å²) in [5.74, 6) is -0.0851. The highest BCUT2D eigenvalue weighted by Crippen LogP contribution is 2.10. The van der Waals surface area contributed by atoms with E-state index in [0.29, 0.717) is 13.0 Å². The van der Waals surface area contributed by atoms with Crippen molar-refractivity contribution in [3.63, 3.8) is 0 Å². The van der Waals surface area contributed by atoms with Crippen LogP contribution in [-0.4, -0.2) is 26.6 Å². The van der Waals surface area contributed by atoms with Gasteiger partial charge in [-0.2, -0.15) is 0 Å². The van der Waals surface area contributed by atoms with Crippen LogP contribution >= 0.6 is 0 Å². The summed E-state index contributed by atoms with van der Waals surface area (Å²) in [6.45, 7) is 2.41. The van der Waals surface area contributed by atoms with Gasteiger partial charge in [-0.15, -0.1) is 0 Å². The van der Waals surface area contributed by atoms with E-state index < -0.39 is 9.84 Å². The van der Waals surface area contributed by atoms with Gasteiger partial charge in [0.25, 0.3) is 0 Å². The molecular weight excluding hydrogens is 276 g/mol. The lowest BCUT2D eigenvalue weighted by atomic mass is 10.1. The molecule has 0 fully saturated rings. The molecule has 0 bridgehead atoms. The van der Waals surface area contributed by atoms with Crippen LogP contribution in [0.3, 0.4) is 0 Å². The summed E-state index contributed by atoms with van der Waals surface area (Å²) in [5.41, 5.74) is 6.65. The molecule has 112 valence electrons. The van der Waals surface area contributed by atoms with Crippen molar-refractivity contribution in [2.45, 2.75) is 43.7 Å².